The largest absolute Gasteiger partial charge is 0.478 e. The van der Waals surface area contributed by atoms with Crippen molar-refractivity contribution >= 4 is 28.6 Å². The Kier molecular flexibility index (Phi) is 3.33. The monoisotopic (exact) mass is 302 g/mol. The van der Waals surface area contributed by atoms with Gasteiger partial charge in [-0.2, -0.15) is 0 Å². The molecule has 3 aromatic rings. The topological polar surface area (TPSA) is 63.1 Å². The van der Waals surface area contributed by atoms with Crippen molar-refractivity contribution in [3.8, 4) is 21.3 Å². The van der Waals surface area contributed by atoms with Crippen LogP contribution in [0.4, 0.5) is 0 Å². The number of hydrogen-bond donors (Lipinski definition) is 1. The molecular weight excluding hydrogens is 292 g/mol. The molecule has 0 unspecified atom stereocenters. The van der Waals surface area contributed by atoms with Gasteiger partial charge in [-0.1, -0.05) is 6.07 Å². The van der Waals surface area contributed by atoms with Crippen LogP contribution < -0.4 is 0 Å². The lowest BCUT2D eigenvalue weighted by Crippen LogP contribution is -1.91. The number of carboxylic acid groups (broad SMARTS) is 1. The van der Waals surface area contributed by atoms with E-state index >= 15 is 0 Å². The fraction of sp³-hybridized carbons (Fsp3) is 0.0714. The molecule has 0 fully saturated rings. The zero-order chi connectivity index (χ0) is 14.1. The highest BCUT2D eigenvalue weighted by molar-refractivity contribution is 7.15. The summed E-state index contributed by atoms with van der Waals surface area (Å²) in [6.07, 6.45) is 1.75. The molecule has 0 aliphatic rings. The van der Waals surface area contributed by atoms with Crippen molar-refractivity contribution in [2.75, 3.05) is 0 Å². The summed E-state index contributed by atoms with van der Waals surface area (Å²) < 4.78 is 0. The van der Waals surface area contributed by atoms with Gasteiger partial charge in [0, 0.05) is 17.0 Å². The summed E-state index contributed by atoms with van der Waals surface area (Å²) in [4.78, 5) is 20.7. The Morgan fingerprint density at radius 2 is 2.15 bits per heavy atom. The minimum Gasteiger partial charge on any atom is -0.478 e. The summed E-state index contributed by atoms with van der Waals surface area (Å²) in [7, 11) is 0. The van der Waals surface area contributed by atoms with Crippen LogP contribution in [0, 0.1) is 6.92 Å². The van der Waals surface area contributed by atoms with E-state index in [1.807, 2.05) is 24.4 Å². The Labute approximate surface area is 123 Å². The molecule has 0 aliphatic carbocycles. The Bertz CT molecular complexity index is 777. The van der Waals surface area contributed by atoms with Crippen LogP contribution in [0.15, 0.2) is 35.2 Å². The van der Waals surface area contributed by atoms with E-state index in [9.17, 15) is 4.79 Å². The van der Waals surface area contributed by atoms with Gasteiger partial charge in [0.2, 0.25) is 0 Å². The molecule has 0 saturated heterocycles. The van der Waals surface area contributed by atoms with Crippen molar-refractivity contribution in [3.05, 3.63) is 46.3 Å². The summed E-state index contributed by atoms with van der Waals surface area (Å²) >= 11 is 2.90. The lowest BCUT2D eigenvalue weighted by Gasteiger charge is -1.98. The molecule has 0 atom stereocenters. The molecule has 4 nitrogen and oxygen atoms in total. The Hall–Kier alpha value is -2.05. The van der Waals surface area contributed by atoms with Crippen LogP contribution in [-0.4, -0.2) is 21.0 Å². The van der Waals surface area contributed by atoms with Gasteiger partial charge in [-0.15, -0.1) is 22.7 Å². The van der Waals surface area contributed by atoms with Crippen LogP contribution in [0.3, 0.4) is 0 Å². The van der Waals surface area contributed by atoms with Crippen molar-refractivity contribution in [1.29, 1.82) is 0 Å². The zero-order valence-electron chi connectivity index (χ0n) is 10.5. The molecule has 0 amide bonds. The number of thiazole rings is 1. The van der Waals surface area contributed by atoms with Crippen molar-refractivity contribution < 1.29 is 9.90 Å². The molecule has 0 saturated carbocycles. The first kappa shape index (κ1) is 13.0. The Morgan fingerprint density at radius 3 is 2.85 bits per heavy atom. The molecule has 0 bridgehead atoms. The summed E-state index contributed by atoms with van der Waals surface area (Å²) in [6, 6.07) is 5.54. The zero-order valence-corrected chi connectivity index (χ0v) is 12.2. The number of rotatable bonds is 3. The standard InChI is InChI=1S/C14H10N2O2S2/c1-8-3-2-4-15-12(8)13-16-10(7-20-13)11-5-9(6-19-11)14(17)18/h2-7H,1H3,(H,17,18). The van der Waals surface area contributed by atoms with E-state index in [0.29, 0.717) is 5.56 Å². The molecule has 6 heteroatoms. The van der Waals surface area contributed by atoms with Crippen LogP contribution in [0.2, 0.25) is 0 Å². The molecule has 3 aromatic heterocycles. The number of aromatic nitrogens is 2. The van der Waals surface area contributed by atoms with Gasteiger partial charge in [0.25, 0.3) is 0 Å². The van der Waals surface area contributed by atoms with E-state index in [2.05, 4.69) is 9.97 Å². The molecule has 100 valence electrons. The van der Waals surface area contributed by atoms with Crippen LogP contribution in [-0.2, 0) is 0 Å². The number of carbonyl (C=O) groups is 1. The SMILES string of the molecule is Cc1cccnc1-c1nc(-c2cc(C(=O)O)cs2)cs1. The quantitative estimate of drug-likeness (QED) is 0.796. The van der Waals surface area contributed by atoms with Gasteiger partial charge in [0.05, 0.1) is 16.1 Å². The lowest BCUT2D eigenvalue weighted by atomic mass is 10.2. The van der Waals surface area contributed by atoms with E-state index in [-0.39, 0.29) is 0 Å². The van der Waals surface area contributed by atoms with Crippen LogP contribution in [0.5, 0.6) is 0 Å². The van der Waals surface area contributed by atoms with Gasteiger partial charge in [-0.25, -0.2) is 9.78 Å². The van der Waals surface area contributed by atoms with E-state index in [4.69, 9.17) is 5.11 Å². The van der Waals surface area contributed by atoms with Crippen molar-refractivity contribution in [1.82, 2.24) is 9.97 Å². The maximum Gasteiger partial charge on any atom is 0.336 e. The summed E-state index contributed by atoms with van der Waals surface area (Å²) in [5.74, 6) is -0.913. The highest BCUT2D eigenvalue weighted by Gasteiger charge is 2.13. The normalized spacial score (nSPS) is 10.7. The smallest absolute Gasteiger partial charge is 0.336 e. The van der Waals surface area contributed by atoms with Gasteiger partial charge >= 0.3 is 5.97 Å². The van der Waals surface area contributed by atoms with Crippen LogP contribution >= 0.6 is 22.7 Å². The number of carboxylic acids is 1. The summed E-state index contributed by atoms with van der Waals surface area (Å²) in [6.45, 7) is 2.00. The van der Waals surface area contributed by atoms with Gasteiger partial charge in [-0.3, -0.25) is 4.98 Å². The van der Waals surface area contributed by atoms with Gasteiger partial charge in [0.15, 0.2) is 0 Å². The van der Waals surface area contributed by atoms with E-state index in [1.54, 1.807) is 17.6 Å². The number of aromatic carboxylic acids is 1. The average molecular weight is 302 g/mol. The van der Waals surface area contributed by atoms with E-state index in [0.717, 1.165) is 26.8 Å². The molecule has 20 heavy (non-hydrogen) atoms. The minimum atomic E-state index is -0.913. The first-order valence-electron chi connectivity index (χ1n) is 5.85. The third-order valence-corrected chi connectivity index (χ3v) is 4.62. The molecule has 0 aromatic carbocycles. The average Bonchev–Trinajstić information content (AvgIpc) is 3.08. The van der Waals surface area contributed by atoms with E-state index in [1.165, 1.54) is 22.7 Å². The third kappa shape index (κ3) is 2.35. The number of nitrogens with zero attached hydrogens (tertiary/aromatic N) is 2. The molecule has 3 rings (SSSR count). The molecule has 1 N–H and O–H groups in total. The van der Waals surface area contributed by atoms with Gasteiger partial charge in [-0.05, 0) is 24.6 Å². The highest BCUT2D eigenvalue weighted by atomic mass is 32.1. The van der Waals surface area contributed by atoms with E-state index < -0.39 is 5.97 Å². The lowest BCUT2D eigenvalue weighted by molar-refractivity contribution is 0.0697. The molecule has 0 aliphatic heterocycles. The molecular formula is C14H10N2O2S2. The van der Waals surface area contributed by atoms with Crippen molar-refractivity contribution in [3.63, 3.8) is 0 Å². The molecule has 0 spiro atoms. The summed E-state index contributed by atoms with van der Waals surface area (Å²) in [5.41, 5.74) is 3.05. The van der Waals surface area contributed by atoms with Crippen LogP contribution in [0.25, 0.3) is 21.3 Å². The predicted molar refractivity (Wildman–Crippen MR) is 80.4 cm³/mol. The second-order valence-electron chi connectivity index (χ2n) is 4.21. The maximum absolute atomic E-state index is 10.9. The highest BCUT2D eigenvalue weighted by Crippen LogP contribution is 2.32. The second kappa shape index (κ2) is 5.15. The number of aryl methyl sites for hydroxylation is 1. The Balaban J connectivity index is 1.98. The fourth-order valence-corrected chi connectivity index (χ4v) is 3.58. The third-order valence-electron chi connectivity index (χ3n) is 2.82. The van der Waals surface area contributed by atoms with Gasteiger partial charge in [0.1, 0.15) is 10.7 Å². The first-order chi connectivity index (χ1) is 9.65. The molecule has 0 radical (unpaired) electrons. The summed E-state index contributed by atoms with van der Waals surface area (Å²) in [5, 5.41) is 13.4. The number of pyridine rings is 1. The Morgan fingerprint density at radius 1 is 1.30 bits per heavy atom. The first-order valence-corrected chi connectivity index (χ1v) is 7.61. The minimum absolute atomic E-state index is 0.300. The maximum atomic E-state index is 10.9. The van der Waals surface area contributed by atoms with Crippen molar-refractivity contribution in [2.24, 2.45) is 0 Å². The molecule has 3 heterocycles. The fourth-order valence-electron chi connectivity index (χ4n) is 1.79. The number of thiophene rings is 1. The van der Waals surface area contributed by atoms with Crippen molar-refractivity contribution in [2.45, 2.75) is 6.92 Å². The van der Waals surface area contributed by atoms with Gasteiger partial charge < -0.3 is 5.11 Å². The second-order valence-corrected chi connectivity index (χ2v) is 5.98. The number of hydrogen-bond acceptors (Lipinski definition) is 5. The predicted octanol–water partition coefficient (Wildman–Crippen LogP) is 3.94. The van der Waals surface area contributed by atoms with Crippen LogP contribution in [0.1, 0.15) is 15.9 Å².